The Morgan fingerprint density at radius 1 is 1.00 bits per heavy atom. The van der Waals surface area contributed by atoms with E-state index in [1.807, 2.05) is 0 Å². The zero-order valence-corrected chi connectivity index (χ0v) is 6.28. The molecular formula is C7H17N+. The minimum Gasteiger partial charge on any atom is -0.171 e. The van der Waals surface area contributed by atoms with Crippen LogP contribution in [0.15, 0.2) is 0 Å². The highest BCUT2D eigenvalue weighted by Crippen LogP contribution is 1.83. The molecule has 0 amide bonds. The van der Waals surface area contributed by atoms with Gasteiger partial charge in [0, 0.05) is 0 Å². The van der Waals surface area contributed by atoms with Crippen LogP contribution in [0.25, 0.3) is 0 Å². The summed E-state index contributed by atoms with van der Waals surface area (Å²) >= 11 is 0. The van der Waals surface area contributed by atoms with E-state index in [2.05, 4.69) is 25.7 Å². The number of nitrogens with zero attached hydrogens (tertiary/aromatic N) is 1. The molecule has 0 aromatic heterocycles. The molecule has 0 bridgehead atoms. The van der Waals surface area contributed by atoms with E-state index in [1.165, 1.54) is 26.1 Å². The molecule has 0 aliphatic carbocycles. The summed E-state index contributed by atoms with van der Waals surface area (Å²) in [4.78, 5) is 2.43. The lowest BCUT2D eigenvalue weighted by Crippen LogP contribution is -2.29. The lowest BCUT2D eigenvalue weighted by molar-refractivity contribution is 0.443. The molecule has 1 nitrogen and oxygen atoms in total. The highest BCUT2D eigenvalue weighted by atomic mass is 15.1. The smallest absolute Gasteiger partial charge is 0.122 e. The van der Waals surface area contributed by atoms with Crippen molar-refractivity contribution in [2.24, 2.45) is 0 Å². The normalized spacial score (nSPS) is 10.5. The summed E-state index contributed by atoms with van der Waals surface area (Å²) in [6, 6.07) is 0. The van der Waals surface area contributed by atoms with E-state index in [0.29, 0.717) is 0 Å². The highest BCUT2D eigenvalue weighted by Gasteiger charge is 2.03. The Hall–Kier alpha value is -0.0400. The van der Waals surface area contributed by atoms with E-state index >= 15 is 0 Å². The molecule has 1 radical (unpaired) electrons. The molecule has 0 unspecified atom stereocenters. The van der Waals surface area contributed by atoms with Gasteiger partial charge in [-0.25, -0.2) is 0 Å². The van der Waals surface area contributed by atoms with Crippen molar-refractivity contribution in [1.82, 2.24) is 4.90 Å². The maximum absolute atomic E-state index is 2.43. The third-order valence-corrected chi connectivity index (χ3v) is 1.43. The van der Waals surface area contributed by atoms with Crippen LogP contribution < -0.4 is 4.90 Å². The molecule has 0 saturated carbocycles. The molecule has 1 heteroatoms. The van der Waals surface area contributed by atoms with E-state index in [9.17, 15) is 0 Å². The third-order valence-electron chi connectivity index (χ3n) is 1.43. The van der Waals surface area contributed by atoms with Crippen molar-refractivity contribution in [1.29, 1.82) is 0 Å². The fraction of sp³-hybridized carbons (Fsp3) is 1.00. The summed E-state index contributed by atoms with van der Waals surface area (Å²) in [7, 11) is 0. The summed E-state index contributed by atoms with van der Waals surface area (Å²) in [5.74, 6) is 0. The Morgan fingerprint density at radius 2 is 1.50 bits per heavy atom. The molecule has 8 heavy (non-hydrogen) atoms. The van der Waals surface area contributed by atoms with Gasteiger partial charge in [-0.15, -0.1) is 0 Å². The van der Waals surface area contributed by atoms with Crippen molar-refractivity contribution < 1.29 is 0 Å². The van der Waals surface area contributed by atoms with Gasteiger partial charge in [0.2, 0.25) is 0 Å². The Labute approximate surface area is 52.7 Å². The predicted molar refractivity (Wildman–Crippen MR) is 38.4 cm³/mol. The second-order valence-corrected chi connectivity index (χ2v) is 2.03. The van der Waals surface area contributed by atoms with Gasteiger partial charge in [-0.1, -0.05) is 6.92 Å². The molecule has 0 rings (SSSR count). The van der Waals surface area contributed by atoms with Gasteiger partial charge in [0.15, 0.2) is 0 Å². The average molecular weight is 115 g/mol. The van der Waals surface area contributed by atoms with Crippen molar-refractivity contribution in [3.63, 3.8) is 0 Å². The topological polar surface area (TPSA) is 5.90 Å². The Morgan fingerprint density at radius 3 is 1.62 bits per heavy atom. The van der Waals surface area contributed by atoms with Gasteiger partial charge in [0.1, 0.15) is 19.6 Å². The maximum Gasteiger partial charge on any atom is 0.122 e. The van der Waals surface area contributed by atoms with E-state index < -0.39 is 0 Å². The third kappa shape index (κ3) is 3.03. The average Bonchev–Trinajstić information content (AvgIpc) is 1.83. The van der Waals surface area contributed by atoms with Gasteiger partial charge in [0.25, 0.3) is 0 Å². The Kier molecular flexibility index (Phi) is 5.08. The van der Waals surface area contributed by atoms with E-state index in [0.717, 1.165) is 0 Å². The molecule has 0 N–H and O–H groups in total. The van der Waals surface area contributed by atoms with E-state index in [-0.39, 0.29) is 0 Å². The molecule has 49 valence electrons. The lowest BCUT2D eigenvalue weighted by Gasteiger charge is -2.04. The monoisotopic (exact) mass is 115 g/mol. The molecule has 0 fully saturated rings. The second kappa shape index (κ2) is 5.10. The molecule has 0 spiro atoms. The van der Waals surface area contributed by atoms with E-state index in [1.54, 1.807) is 0 Å². The largest absolute Gasteiger partial charge is 0.171 e. The lowest BCUT2D eigenvalue weighted by atomic mass is 10.4. The van der Waals surface area contributed by atoms with Crippen LogP contribution in [-0.2, 0) is 0 Å². The highest BCUT2D eigenvalue weighted by molar-refractivity contribution is 4.55. The predicted octanol–water partition coefficient (Wildman–Crippen LogP) is 1.58. The maximum atomic E-state index is 2.43. The van der Waals surface area contributed by atoms with Crippen LogP contribution in [-0.4, -0.2) is 19.6 Å². The van der Waals surface area contributed by atoms with Crippen LogP contribution in [0.3, 0.4) is 0 Å². The molecule has 0 saturated heterocycles. The molecule has 0 aromatic rings. The molecule has 0 aliphatic rings. The van der Waals surface area contributed by atoms with Crippen molar-refractivity contribution in [3.05, 3.63) is 0 Å². The van der Waals surface area contributed by atoms with Crippen molar-refractivity contribution >= 4 is 0 Å². The molecular weight excluding hydrogens is 98.1 g/mol. The van der Waals surface area contributed by atoms with Gasteiger partial charge in [0.05, 0.1) is 0 Å². The molecule has 0 aromatic carbocycles. The quantitative estimate of drug-likeness (QED) is 0.491. The standard InChI is InChI=1S/C7H17N/c1-4-7-8(5-2)6-3/h4-7H2,1-3H3/q+1. The van der Waals surface area contributed by atoms with Gasteiger partial charge >= 0.3 is 0 Å². The van der Waals surface area contributed by atoms with Crippen molar-refractivity contribution in [2.75, 3.05) is 19.6 Å². The zero-order valence-electron chi connectivity index (χ0n) is 6.28. The SMILES string of the molecule is CCC[N+](CC)CC. The fourth-order valence-corrected chi connectivity index (χ4v) is 0.856. The Balaban J connectivity index is 3.07. The summed E-state index contributed by atoms with van der Waals surface area (Å²) in [6.07, 6.45) is 1.28. The van der Waals surface area contributed by atoms with E-state index in [4.69, 9.17) is 0 Å². The summed E-state index contributed by atoms with van der Waals surface area (Å²) in [6.45, 7) is 10.3. The van der Waals surface area contributed by atoms with Gasteiger partial charge in [-0.3, -0.25) is 0 Å². The first kappa shape index (κ1) is 7.96. The summed E-state index contributed by atoms with van der Waals surface area (Å²) in [5, 5.41) is 0. The van der Waals surface area contributed by atoms with Crippen molar-refractivity contribution in [2.45, 2.75) is 27.2 Å². The minimum atomic E-state index is 1.20. The van der Waals surface area contributed by atoms with Crippen LogP contribution in [0.2, 0.25) is 0 Å². The molecule has 0 aliphatic heterocycles. The first-order valence-corrected chi connectivity index (χ1v) is 3.57. The number of rotatable bonds is 4. The van der Waals surface area contributed by atoms with Crippen LogP contribution in [0.1, 0.15) is 27.2 Å². The fourth-order valence-electron chi connectivity index (χ4n) is 0.856. The van der Waals surface area contributed by atoms with Crippen LogP contribution in [0, 0.1) is 0 Å². The summed E-state index contributed by atoms with van der Waals surface area (Å²) in [5.41, 5.74) is 0. The second-order valence-electron chi connectivity index (χ2n) is 2.03. The number of hydrogen-bond donors (Lipinski definition) is 0. The zero-order chi connectivity index (χ0) is 6.41. The summed E-state index contributed by atoms with van der Waals surface area (Å²) < 4.78 is 0. The number of hydrogen-bond acceptors (Lipinski definition) is 1. The van der Waals surface area contributed by atoms with Crippen LogP contribution >= 0.6 is 0 Å². The molecule has 0 heterocycles. The van der Waals surface area contributed by atoms with Crippen LogP contribution in [0.4, 0.5) is 0 Å². The van der Waals surface area contributed by atoms with Gasteiger partial charge < -0.3 is 0 Å². The first-order chi connectivity index (χ1) is 3.85. The first-order valence-electron chi connectivity index (χ1n) is 3.57. The molecule has 0 atom stereocenters. The van der Waals surface area contributed by atoms with Gasteiger partial charge in [-0.2, -0.15) is 4.90 Å². The van der Waals surface area contributed by atoms with Gasteiger partial charge in [-0.05, 0) is 20.3 Å². The Bertz CT molecular complexity index is 39.7. The van der Waals surface area contributed by atoms with Crippen molar-refractivity contribution in [3.8, 4) is 0 Å². The minimum absolute atomic E-state index is 1.20. The van der Waals surface area contributed by atoms with Crippen LogP contribution in [0.5, 0.6) is 0 Å².